The number of aryl methyl sites for hydroxylation is 1. The Balaban J connectivity index is 2.35. The number of para-hydroxylation sites is 1. The van der Waals surface area contributed by atoms with Gasteiger partial charge in [-0.3, -0.25) is 0 Å². The summed E-state index contributed by atoms with van der Waals surface area (Å²) in [5.41, 5.74) is 4.09. The van der Waals surface area contributed by atoms with Crippen molar-refractivity contribution >= 4 is 5.69 Å². The molecule has 2 nitrogen and oxygen atoms in total. The molecule has 0 heterocycles. The van der Waals surface area contributed by atoms with Crippen LogP contribution in [0.4, 0.5) is 10.1 Å². The fraction of sp³-hybridized carbons (Fsp3) is 0.333. The van der Waals surface area contributed by atoms with E-state index in [1.54, 1.807) is 6.07 Å². The minimum absolute atomic E-state index is 0.107. The van der Waals surface area contributed by atoms with Crippen molar-refractivity contribution in [2.75, 3.05) is 19.0 Å². The lowest BCUT2D eigenvalue weighted by atomic mass is 10.0. The van der Waals surface area contributed by atoms with Crippen molar-refractivity contribution in [1.29, 1.82) is 0 Å². The minimum Gasteiger partial charge on any atom is -0.368 e. The molecule has 0 amide bonds. The topological polar surface area (TPSA) is 15.3 Å². The Morgan fingerprint density at radius 2 is 1.86 bits per heavy atom. The third-order valence-corrected chi connectivity index (χ3v) is 3.97. The first-order chi connectivity index (χ1) is 10.0. The fourth-order valence-corrected chi connectivity index (χ4v) is 2.56. The Morgan fingerprint density at radius 3 is 2.52 bits per heavy atom. The van der Waals surface area contributed by atoms with Crippen LogP contribution in [0.5, 0.6) is 0 Å². The van der Waals surface area contributed by atoms with Crippen molar-refractivity contribution in [2.45, 2.75) is 26.4 Å². The van der Waals surface area contributed by atoms with E-state index in [1.165, 1.54) is 17.2 Å². The molecular formula is C18H23FN2. The highest BCUT2D eigenvalue weighted by Crippen LogP contribution is 2.29. The largest absolute Gasteiger partial charge is 0.368 e. The van der Waals surface area contributed by atoms with Gasteiger partial charge in [0, 0.05) is 19.6 Å². The monoisotopic (exact) mass is 286 g/mol. The van der Waals surface area contributed by atoms with Gasteiger partial charge in [0.2, 0.25) is 0 Å². The zero-order valence-electron chi connectivity index (χ0n) is 13.2. The van der Waals surface area contributed by atoms with Crippen LogP contribution in [-0.2, 0) is 6.54 Å². The predicted octanol–water partition coefficient (Wildman–Crippen LogP) is 4.05. The first kappa shape index (κ1) is 15.5. The average Bonchev–Trinajstić information content (AvgIpc) is 2.48. The summed E-state index contributed by atoms with van der Waals surface area (Å²) in [5, 5.41) is 3.19. The lowest BCUT2D eigenvalue weighted by molar-refractivity contribution is 0.602. The minimum atomic E-state index is -0.175. The molecule has 0 aliphatic carbocycles. The van der Waals surface area contributed by atoms with Crippen molar-refractivity contribution < 1.29 is 4.39 Å². The quantitative estimate of drug-likeness (QED) is 0.892. The maximum atomic E-state index is 14.3. The maximum absolute atomic E-state index is 14.3. The molecule has 3 heteroatoms. The Morgan fingerprint density at radius 1 is 1.14 bits per heavy atom. The fourth-order valence-electron chi connectivity index (χ4n) is 2.56. The molecule has 0 saturated carbocycles. The van der Waals surface area contributed by atoms with Crippen LogP contribution in [0.2, 0.25) is 0 Å². The predicted molar refractivity (Wildman–Crippen MR) is 87.2 cm³/mol. The molecule has 1 atom stereocenters. The molecule has 2 aromatic carbocycles. The summed E-state index contributed by atoms with van der Waals surface area (Å²) >= 11 is 0. The Labute approximate surface area is 126 Å². The zero-order valence-corrected chi connectivity index (χ0v) is 13.2. The molecule has 1 unspecified atom stereocenters. The van der Waals surface area contributed by atoms with Gasteiger partial charge in [-0.15, -0.1) is 0 Å². The van der Waals surface area contributed by atoms with Gasteiger partial charge >= 0.3 is 0 Å². The summed E-state index contributed by atoms with van der Waals surface area (Å²) in [7, 11) is 3.83. The van der Waals surface area contributed by atoms with Crippen LogP contribution in [0.1, 0.15) is 29.7 Å². The number of benzene rings is 2. The van der Waals surface area contributed by atoms with Crippen LogP contribution in [0.3, 0.4) is 0 Å². The molecule has 2 aromatic rings. The average molecular weight is 286 g/mol. The number of hydrogen-bond acceptors (Lipinski definition) is 2. The van der Waals surface area contributed by atoms with Gasteiger partial charge in [0.15, 0.2) is 0 Å². The van der Waals surface area contributed by atoms with E-state index in [0.717, 1.165) is 5.56 Å². The molecule has 1 N–H and O–H groups in total. The first-order valence-corrected chi connectivity index (χ1v) is 7.26. The number of hydrogen-bond donors (Lipinski definition) is 1. The maximum Gasteiger partial charge on any atom is 0.146 e. The first-order valence-electron chi connectivity index (χ1n) is 7.26. The molecule has 0 bridgehead atoms. The summed E-state index contributed by atoms with van der Waals surface area (Å²) in [6, 6.07) is 13.6. The van der Waals surface area contributed by atoms with Crippen molar-refractivity contribution in [1.82, 2.24) is 5.32 Å². The normalized spacial score (nSPS) is 12.2. The van der Waals surface area contributed by atoms with Crippen LogP contribution in [0.25, 0.3) is 0 Å². The van der Waals surface area contributed by atoms with Crippen molar-refractivity contribution in [3.05, 3.63) is 65.0 Å². The van der Waals surface area contributed by atoms with Gasteiger partial charge in [-0.05, 0) is 43.7 Å². The van der Waals surface area contributed by atoms with E-state index in [2.05, 4.69) is 24.4 Å². The Hall–Kier alpha value is -1.87. The second kappa shape index (κ2) is 6.72. The van der Waals surface area contributed by atoms with Crippen LogP contribution in [0.15, 0.2) is 42.5 Å². The van der Waals surface area contributed by atoms with E-state index in [-0.39, 0.29) is 11.9 Å². The second-order valence-corrected chi connectivity index (χ2v) is 5.47. The van der Waals surface area contributed by atoms with Gasteiger partial charge in [0.25, 0.3) is 0 Å². The van der Waals surface area contributed by atoms with Crippen molar-refractivity contribution in [2.24, 2.45) is 0 Å². The lowest BCUT2D eigenvalue weighted by Crippen LogP contribution is -2.23. The number of rotatable bonds is 5. The molecule has 0 aromatic heterocycles. The third-order valence-electron chi connectivity index (χ3n) is 3.97. The summed E-state index contributed by atoms with van der Waals surface area (Å²) in [6.07, 6.45) is 0. The van der Waals surface area contributed by atoms with Gasteiger partial charge in [0.05, 0.1) is 5.69 Å². The van der Waals surface area contributed by atoms with Crippen molar-refractivity contribution in [3.8, 4) is 0 Å². The van der Waals surface area contributed by atoms with Gasteiger partial charge < -0.3 is 10.2 Å². The number of anilines is 1. The molecule has 2 rings (SSSR count). The molecule has 0 spiro atoms. The molecule has 0 fully saturated rings. The molecular weight excluding hydrogens is 263 g/mol. The molecule has 0 saturated heterocycles. The second-order valence-electron chi connectivity index (χ2n) is 5.47. The molecule has 112 valence electrons. The van der Waals surface area contributed by atoms with E-state index in [0.29, 0.717) is 12.2 Å². The molecule has 0 aliphatic rings. The summed E-state index contributed by atoms with van der Waals surface area (Å²) in [4.78, 5) is 1.99. The number of nitrogens with zero attached hydrogens (tertiary/aromatic N) is 1. The molecule has 21 heavy (non-hydrogen) atoms. The summed E-state index contributed by atoms with van der Waals surface area (Å²) in [6.45, 7) is 4.82. The molecule has 0 radical (unpaired) electrons. The zero-order chi connectivity index (χ0) is 15.4. The lowest BCUT2D eigenvalue weighted by Gasteiger charge is -2.26. The van der Waals surface area contributed by atoms with Gasteiger partial charge in [-0.25, -0.2) is 4.39 Å². The van der Waals surface area contributed by atoms with Gasteiger partial charge in [0.1, 0.15) is 5.82 Å². The van der Waals surface area contributed by atoms with Crippen LogP contribution in [-0.4, -0.2) is 14.1 Å². The Bertz CT molecular complexity index is 610. The van der Waals surface area contributed by atoms with Crippen molar-refractivity contribution in [3.63, 3.8) is 0 Å². The summed E-state index contributed by atoms with van der Waals surface area (Å²) in [5.74, 6) is -0.175. The van der Waals surface area contributed by atoms with Crippen LogP contribution >= 0.6 is 0 Å². The highest BCUT2D eigenvalue weighted by molar-refractivity contribution is 5.56. The van der Waals surface area contributed by atoms with E-state index in [4.69, 9.17) is 0 Å². The van der Waals surface area contributed by atoms with Crippen LogP contribution < -0.4 is 10.2 Å². The number of halogens is 1. The Kier molecular flexibility index (Phi) is 4.97. The molecule has 0 aliphatic heterocycles. The SMILES string of the molecule is CNC(C)c1cccc(F)c1N(C)Cc1ccccc1C. The third kappa shape index (κ3) is 3.42. The highest BCUT2D eigenvalue weighted by atomic mass is 19.1. The van der Waals surface area contributed by atoms with E-state index in [9.17, 15) is 4.39 Å². The van der Waals surface area contributed by atoms with Gasteiger partial charge in [-0.2, -0.15) is 0 Å². The highest BCUT2D eigenvalue weighted by Gasteiger charge is 2.17. The number of nitrogens with one attached hydrogen (secondary N) is 1. The standard InChI is InChI=1S/C18H23FN2/c1-13-8-5-6-9-15(13)12-21(4)18-16(14(2)20-3)10-7-11-17(18)19/h5-11,14,20H,12H2,1-4H3. The summed E-state index contributed by atoms with van der Waals surface area (Å²) < 4.78 is 14.3. The smallest absolute Gasteiger partial charge is 0.146 e. The van der Waals surface area contributed by atoms with Gasteiger partial charge in [-0.1, -0.05) is 36.4 Å². The van der Waals surface area contributed by atoms with E-state index in [1.807, 2.05) is 44.1 Å². The van der Waals surface area contributed by atoms with E-state index < -0.39 is 0 Å². The van der Waals surface area contributed by atoms with E-state index >= 15 is 0 Å². The van der Waals surface area contributed by atoms with Crippen LogP contribution in [0, 0.1) is 12.7 Å².